The molecule has 8 heteroatoms. The van der Waals surface area contributed by atoms with Crippen molar-refractivity contribution in [1.29, 1.82) is 0 Å². The highest BCUT2D eigenvalue weighted by Crippen LogP contribution is 2.20. The Hall–Kier alpha value is -1.93. The molecule has 1 heterocycles. The summed E-state index contributed by atoms with van der Waals surface area (Å²) in [6.07, 6.45) is 3.12. The number of benzene rings is 1. The zero-order chi connectivity index (χ0) is 16.4. The Morgan fingerprint density at radius 2 is 1.91 bits per heavy atom. The Bertz CT molecular complexity index is 711. The van der Waals surface area contributed by atoms with Crippen molar-refractivity contribution < 1.29 is 18.0 Å². The van der Waals surface area contributed by atoms with Gasteiger partial charge in [0.05, 0.1) is 11.4 Å². The van der Waals surface area contributed by atoms with Crippen LogP contribution in [0.1, 0.15) is 29.6 Å². The molecule has 2 aliphatic rings. The number of carbonyl (C=O) groups is 2. The van der Waals surface area contributed by atoms with E-state index in [2.05, 4.69) is 10.6 Å². The van der Waals surface area contributed by atoms with E-state index in [1.807, 2.05) is 0 Å². The van der Waals surface area contributed by atoms with Crippen LogP contribution in [0.2, 0.25) is 0 Å². The summed E-state index contributed by atoms with van der Waals surface area (Å²) in [6.45, 7) is 0.379. The SMILES string of the molecule is O=C1CN(S(=O)(=O)c2ccc(C(=O)NC3CCC3)cc2)CCN1. The second-order valence-electron chi connectivity index (χ2n) is 5.81. The van der Waals surface area contributed by atoms with Gasteiger partial charge in [0.1, 0.15) is 0 Å². The molecule has 3 rings (SSSR count). The molecule has 0 bridgehead atoms. The largest absolute Gasteiger partial charge is 0.354 e. The molecule has 1 saturated carbocycles. The van der Waals surface area contributed by atoms with Crippen molar-refractivity contribution in [2.24, 2.45) is 0 Å². The van der Waals surface area contributed by atoms with Crippen LogP contribution in [0, 0.1) is 0 Å². The predicted molar refractivity (Wildman–Crippen MR) is 83.3 cm³/mol. The zero-order valence-corrected chi connectivity index (χ0v) is 13.4. The minimum absolute atomic E-state index is 0.0902. The molecule has 2 fully saturated rings. The summed E-state index contributed by atoms with van der Waals surface area (Å²) in [5.74, 6) is -0.493. The number of sulfonamides is 1. The molecule has 1 aliphatic heterocycles. The number of rotatable bonds is 4. The second-order valence-corrected chi connectivity index (χ2v) is 7.75. The van der Waals surface area contributed by atoms with E-state index in [-0.39, 0.29) is 35.8 Å². The Balaban J connectivity index is 1.72. The van der Waals surface area contributed by atoms with E-state index in [0.29, 0.717) is 12.1 Å². The zero-order valence-electron chi connectivity index (χ0n) is 12.6. The lowest BCUT2D eigenvalue weighted by molar-refractivity contribution is -0.122. The third-order valence-corrected chi connectivity index (χ3v) is 6.06. The standard InChI is InChI=1S/C15H19N3O4S/c19-14-10-18(9-8-16-14)23(21,22)13-6-4-11(5-7-13)15(20)17-12-2-1-3-12/h4-7,12H,1-3,8-10H2,(H,16,19)(H,17,20). The van der Waals surface area contributed by atoms with Crippen LogP contribution < -0.4 is 10.6 Å². The average molecular weight is 337 g/mol. The molecule has 2 N–H and O–H groups in total. The Morgan fingerprint density at radius 1 is 1.22 bits per heavy atom. The first-order valence-corrected chi connectivity index (χ1v) is 9.08. The fourth-order valence-electron chi connectivity index (χ4n) is 2.57. The number of carbonyl (C=O) groups excluding carboxylic acids is 2. The molecule has 0 atom stereocenters. The van der Waals surface area contributed by atoms with Crippen molar-refractivity contribution in [2.45, 2.75) is 30.2 Å². The van der Waals surface area contributed by atoms with Crippen LogP contribution in [0.25, 0.3) is 0 Å². The van der Waals surface area contributed by atoms with Crippen LogP contribution >= 0.6 is 0 Å². The number of piperazine rings is 1. The maximum absolute atomic E-state index is 12.5. The van der Waals surface area contributed by atoms with Gasteiger partial charge >= 0.3 is 0 Å². The molecular formula is C15H19N3O4S. The first-order valence-electron chi connectivity index (χ1n) is 7.64. The van der Waals surface area contributed by atoms with E-state index in [1.165, 1.54) is 24.3 Å². The van der Waals surface area contributed by atoms with E-state index in [0.717, 1.165) is 23.6 Å². The maximum Gasteiger partial charge on any atom is 0.251 e. The summed E-state index contributed by atoms with van der Waals surface area (Å²) < 4.78 is 26.1. The summed E-state index contributed by atoms with van der Waals surface area (Å²) in [5, 5.41) is 5.50. The van der Waals surface area contributed by atoms with Crippen LogP contribution in [0.4, 0.5) is 0 Å². The summed E-state index contributed by atoms with van der Waals surface area (Å²) in [4.78, 5) is 23.5. The molecule has 7 nitrogen and oxygen atoms in total. The molecule has 1 aromatic rings. The van der Waals surface area contributed by atoms with E-state index >= 15 is 0 Å². The summed E-state index contributed by atoms with van der Waals surface area (Å²) >= 11 is 0. The second kappa shape index (κ2) is 6.29. The minimum Gasteiger partial charge on any atom is -0.354 e. The molecular weight excluding hydrogens is 318 g/mol. The highest BCUT2D eigenvalue weighted by Gasteiger charge is 2.29. The topological polar surface area (TPSA) is 95.6 Å². The third kappa shape index (κ3) is 3.37. The fourth-order valence-corrected chi connectivity index (χ4v) is 3.97. The summed E-state index contributed by atoms with van der Waals surface area (Å²) in [7, 11) is -3.71. The van der Waals surface area contributed by atoms with Crippen LogP contribution in [0.15, 0.2) is 29.2 Å². The van der Waals surface area contributed by atoms with Crippen LogP contribution in [0.3, 0.4) is 0 Å². The number of hydrogen-bond donors (Lipinski definition) is 2. The number of hydrogen-bond acceptors (Lipinski definition) is 4. The fraction of sp³-hybridized carbons (Fsp3) is 0.467. The molecule has 0 aromatic heterocycles. The first-order chi connectivity index (χ1) is 11.0. The molecule has 1 aliphatic carbocycles. The lowest BCUT2D eigenvalue weighted by Crippen LogP contribution is -2.49. The molecule has 1 aromatic carbocycles. The molecule has 2 amide bonds. The van der Waals surface area contributed by atoms with Gasteiger partial charge in [-0.15, -0.1) is 0 Å². The van der Waals surface area contributed by atoms with E-state index in [1.54, 1.807) is 0 Å². The summed E-state index contributed by atoms with van der Waals surface area (Å²) in [5.41, 5.74) is 0.437. The van der Waals surface area contributed by atoms with Crippen LogP contribution in [-0.4, -0.2) is 50.2 Å². The maximum atomic E-state index is 12.5. The molecule has 0 radical (unpaired) electrons. The minimum atomic E-state index is -3.71. The molecule has 124 valence electrons. The molecule has 0 unspecified atom stereocenters. The van der Waals surface area contributed by atoms with Gasteiger partial charge in [0.15, 0.2) is 0 Å². The van der Waals surface area contributed by atoms with Crippen molar-refractivity contribution in [1.82, 2.24) is 14.9 Å². The van der Waals surface area contributed by atoms with Gasteiger partial charge in [-0.3, -0.25) is 9.59 Å². The monoisotopic (exact) mass is 337 g/mol. The normalized spacial score (nSPS) is 19.7. The van der Waals surface area contributed by atoms with Gasteiger partial charge in [-0.1, -0.05) is 0 Å². The predicted octanol–water partition coefficient (Wildman–Crippen LogP) is 0.0894. The smallest absolute Gasteiger partial charge is 0.251 e. The molecule has 1 saturated heterocycles. The highest BCUT2D eigenvalue weighted by molar-refractivity contribution is 7.89. The lowest BCUT2D eigenvalue weighted by atomic mass is 9.93. The van der Waals surface area contributed by atoms with Crippen LogP contribution in [0.5, 0.6) is 0 Å². The van der Waals surface area contributed by atoms with Gasteiger partial charge in [-0.2, -0.15) is 4.31 Å². The van der Waals surface area contributed by atoms with Crippen molar-refractivity contribution in [3.05, 3.63) is 29.8 Å². The Kier molecular flexibility index (Phi) is 4.36. The quantitative estimate of drug-likeness (QED) is 0.814. The van der Waals surface area contributed by atoms with E-state index < -0.39 is 10.0 Å². The summed E-state index contributed by atoms with van der Waals surface area (Å²) in [6, 6.07) is 6.07. The van der Waals surface area contributed by atoms with E-state index in [9.17, 15) is 18.0 Å². The number of amides is 2. The average Bonchev–Trinajstić information content (AvgIpc) is 2.51. The van der Waals surface area contributed by atoms with Gasteiger partial charge in [0.25, 0.3) is 5.91 Å². The van der Waals surface area contributed by atoms with Crippen molar-refractivity contribution in [3.8, 4) is 0 Å². The van der Waals surface area contributed by atoms with E-state index in [4.69, 9.17) is 0 Å². The van der Waals surface area contributed by atoms with Crippen molar-refractivity contribution in [3.63, 3.8) is 0 Å². The Morgan fingerprint density at radius 3 is 2.48 bits per heavy atom. The van der Waals surface area contributed by atoms with Gasteiger partial charge in [-0.05, 0) is 43.5 Å². The van der Waals surface area contributed by atoms with Crippen molar-refractivity contribution in [2.75, 3.05) is 19.6 Å². The lowest BCUT2D eigenvalue weighted by Gasteiger charge is -2.27. The van der Waals surface area contributed by atoms with Crippen LogP contribution in [-0.2, 0) is 14.8 Å². The van der Waals surface area contributed by atoms with Gasteiger partial charge in [0.2, 0.25) is 15.9 Å². The Labute approximate surface area is 135 Å². The van der Waals surface area contributed by atoms with Gasteiger partial charge in [-0.25, -0.2) is 8.42 Å². The van der Waals surface area contributed by atoms with Gasteiger partial charge in [0, 0.05) is 24.7 Å². The third-order valence-electron chi connectivity index (χ3n) is 4.20. The highest BCUT2D eigenvalue weighted by atomic mass is 32.2. The molecule has 23 heavy (non-hydrogen) atoms. The number of nitrogens with zero attached hydrogens (tertiary/aromatic N) is 1. The van der Waals surface area contributed by atoms with Gasteiger partial charge < -0.3 is 10.6 Å². The molecule has 0 spiro atoms. The van der Waals surface area contributed by atoms with Crippen molar-refractivity contribution >= 4 is 21.8 Å². The first kappa shape index (κ1) is 15.9. The number of nitrogens with one attached hydrogen (secondary N) is 2.